The van der Waals surface area contributed by atoms with E-state index in [2.05, 4.69) is 46.9 Å². The predicted molar refractivity (Wildman–Crippen MR) is 193 cm³/mol. The zero-order valence-corrected chi connectivity index (χ0v) is 32.9. The zero-order valence-electron chi connectivity index (χ0n) is 32.1. The molecule has 1 saturated heterocycles. The molecule has 6 rings (SSSR count). The van der Waals surface area contributed by atoms with Crippen molar-refractivity contribution in [3.05, 3.63) is 10.6 Å². The molecule has 10 atom stereocenters. The first-order valence-electron chi connectivity index (χ1n) is 19.0. The van der Waals surface area contributed by atoms with E-state index in [-0.39, 0.29) is 69.9 Å². The maximum absolute atomic E-state index is 12.9. The molecule has 276 valence electrons. The molecule has 9 heteroatoms. The minimum atomic E-state index is -0.872. The lowest BCUT2D eigenvalue weighted by Gasteiger charge is -2.69. The van der Waals surface area contributed by atoms with Gasteiger partial charge in [-0.2, -0.15) is 0 Å². The lowest BCUT2D eigenvalue weighted by molar-refractivity contribution is -0.227. The monoisotopic (exact) mass is 700 g/mol. The first-order chi connectivity index (χ1) is 22.4. The molecule has 0 spiro atoms. The second-order valence-electron chi connectivity index (χ2n) is 19.7. The van der Waals surface area contributed by atoms with Gasteiger partial charge in [-0.3, -0.25) is 9.59 Å². The van der Waals surface area contributed by atoms with Gasteiger partial charge in [0.15, 0.2) is 5.13 Å². The van der Waals surface area contributed by atoms with Crippen LogP contribution in [0.4, 0.5) is 5.13 Å². The van der Waals surface area contributed by atoms with Gasteiger partial charge < -0.3 is 25.0 Å². The maximum Gasteiger partial charge on any atom is 0.306 e. The number of thiazole rings is 1. The van der Waals surface area contributed by atoms with Gasteiger partial charge in [-0.15, -0.1) is 11.3 Å². The van der Waals surface area contributed by atoms with Crippen molar-refractivity contribution < 1.29 is 29.3 Å². The fourth-order valence-corrected chi connectivity index (χ4v) is 13.7. The molecule has 4 aliphatic carbocycles. The standard InChI is InChI=1S/C40H64N2O6S/c1-34(2,3)48-30(45)14-12-13-29(44)41-33-42-32-25(49-33)22-37(8)26(35(32,4)5)16-19-38(9)27(37)21-24(43)31-23(15-18-39(31,38)10)40(11)20-17-28(47-40)36(6,7)46/h23-24,26-28,31,43,46H,12-22H2,1-11H3,(H,41,42,44)/t23?,24-,26+,27-,28+,31+,37+,38-,39-,40+/m1/s1. The summed E-state index contributed by atoms with van der Waals surface area (Å²) in [6, 6.07) is 0. The summed E-state index contributed by atoms with van der Waals surface area (Å²) in [5, 5.41) is 26.8. The number of carbonyl (C=O) groups excluding carboxylic acids is 2. The van der Waals surface area contributed by atoms with Gasteiger partial charge in [0.25, 0.3) is 0 Å². The molecule has 49 heavy (non-hydrogen) atoms. The lowest BCUT2D eigenvalue weighted by atomic mass is 9.35. The van der Waals surface area contributed by atoms with Crippen LogP contribution in [0.2, 0.25) is 0 Å². The molecule has 5 aliphatic rings. The number of nitrogens with one attached hydrogen (secondary N) is 1. The highest BCUT2D eigenvalue weighted by Crippen LogP contribution is 2.76. The van der Waals surface area contributed by atoms with E-state index in [9.17, 15) is 19.8 Å². The summed E-state index contributed by atoms with van der Waals surface area (Å²) in [6.07, 6.45) is 8.24. The van der Waals surface area contributed by atoms with Crippen LogP contribution in [-0.2, 0) is 30.9 Å². The largest absolute Gasteiger partial charge is 0.460 e. The highest BCUT2D eigenvalue weighted by molar-refractivity contribution is 7.15. The van der Waals surface area contributed by atoms with Gasteiger partial charge in [0, 0.05) is 23.1 Å². The molecular weight excluding hydrogens is 637 g/mol. The Labute approximate surface area is 298 Å². The number of nitrogens with zero attached hydrogens (tertiary/aromatic N) is 1. The Morgan fingerprint density at radius 2 is 1.63 bits per heavy atom. The van der Waals surface area contributed by atoms with Crippen LogP contribution >= 0.6 is 11.3 Å². The number of esters is 1. The third-order valence-electron chi connectivity index (χ3n) is 14.7. The van der Waals surface area contributed by atoms with Crippen LogP contribution in [-0.4, -0.2) is 56.1 Å². The van der Waals surface area contributed by atoms with Crippen molar-refractivity contribution >= 4 is 28.3 Å². The van der Waals surface area contributed by atoms with Crippen LogP contribution in [0.3, 0.4) is 0 Å². The van der Waals surface area contributed by atoms with E-state index in [1.54, 1.807) is 11.3 Å². The Kier molecular flexibility index (Phi) is 9.11. The predicted octanol–water partition coefficient (Wildman–Crippen LogP) is 7.97. The average molecular weight is 701 g/mol. The molecule has 2 heterocycles. The second-order valence-corrected chi connectivity index (χ2v) is 20.8. The number of anilines is 1. The molecule has 0 radical (unpaired) electrons. The number of amides is 1. The van der Waals surface area contributed by atoms with Crippen LogP contribution in [0.15, 0.2) is 0 Å². The first-order valence-corrected chi connectivity index (χ1v) is 19.9. The molecule has 1 aliphatic heterocycles. The summed E-state index contributed by atoms with van der Waals surface area (Å²) < 4.78 is 12.1. The quantitative estimate of drug-likeness (QED) is 0.247. The minimum absolute atomic E-state index is 0.0102. The average Bonchev–Trinajstić information content (AvgIpc) is 3.65. The van der Waals surface area contributed by atoms with E-state index in [0.29, 0.717) is 23.4 Å². The molecule has 1 unspecified atom stereocenters. The summed E-state index contributed by atoms with van der Waals surface area (Å²) in [5.41, 5.74) is -0.745. The number of aliphatic hydroxyl groups is 2. The van der Waals surface area contributed by atoms with Gasteiger partial charge >= 0.3 is 5.97 Å². The topological polar surface area (TPSA) is 118 Å². The summed E-state index contributed by atoms with van der Waals surface area (Å²) in [5.74, 6) is 0.814. The fourth-order valence-electron chi connectivity index (χ4n) is 12.4. The van der Waals surface area contributed by atoms with Crippen molar-refractivity contribution in [3.63, 3.8) is 0 Å². The van der Waals surface area contributed by atoms with E-state index in [4.69, 9.17) is 14.5 Å². The molecule has 3 N–H and O–H groups in total. The van der Waals surface area contributed by atoms with Gasteiger partial charge in [-0.05, 0) is 139 Å². The third kappa shape index (κ3) is 6.12. The van der Waals surface area contributed by atoms with Crippen LogP contribution in [0, 0.1) is 39.9 Å². The highest BCUT2D eigenvalue weighted by Gasteiger charge is 2.72. The van der Waals surface area contributed by atoms with Crippen molar-refractivity contribution in [3.8, 4) is 0 Å². The molecule has 4 fully saturated rings. The molecule has 8 nitrogen and oxygen atoms in total. The Balaban J connectivity index is 1.21. The zero-order chi connectivity index (χ0) is 36.2. The number of aromatic nitrogens is 1. The van der Waals surface area contributed by atoms with Crippen molar-refractivity contribution in [2.75, 3.05) is 5.32 Å². The van der Waals surface area contributed by atoms with Crippen molar-refractivity contribution in [2.45, 2.75) is 181 Å². The van der Waals surface area contributed by atoms with E-state index in [1.165, 1.54) is 4.88 Å². The smallest absolute Gasteiger partial charge is 0.306 e. The van der Waals surface area contributed by atoms with E-state index in [1.807, 2.05) is 34.6 Å². The molecule has 1 amide bonds. The summed E-state index contributed by atoms with van der Waals surface area (Å²) in [7, 11) is 0. The molecule has 1 aromatic rings. The van der Waals surface area contributed by atoms with Gasteiger partial charge in [-0.1, -0.05) is 34.6 Å². The van der Waals surface area contributed by atoms with E-state index < -0.39 is 17.3 Å². The number of carbonyl (C=O) groups is 2. The van der Waals surface area contributed by atoms with E-state index >= 15 is 0 Å². The van der Waals surface area contributed by atoms with Crippen LogP contribution < -0.4 is 5.32 Å². The van der Waals surface area contributed by atoms with Gasteiger partial charge in [0.05, 0.1) is 29.1 Å². The first kappa shape index (κ1) is 37.2. The second kappa shape index (κ2) is 12.0. The minimum Gasteiger partial charge on any atom is -0.460 e. The summed E-state index contributed by atoms with van der Waals surface area (Å²) >= 11 is 1.61. The Morgan fingerprint density at radius 1 is 0.959 bits per heavy atom. The lowest BCUT2D eigenvalue weighted by Crippen LogP contribution is -2.66. The molecular formula is C40H64N2O6S. The van der Waals surface area contributed by atoms with Gasteiger partial charge in [0.2, 0.25) is 5.91 Å². The fraction of sp³-hybridized carbons (Fsp3) is 0.875. The van der Waals surface area contributed by atoms with Crippen LogP contribution in [0.1, 0.15) is 151 Å². The van der Waals surface area contributed by atoms with Crippen molar-refractivity contribution in [1.82, 2.24) is 4.98 Å². The number of ether oxygens (including phenoxy) is 2. The summed E-state index contributed by atoms with van der Waals surface area (Å²) in [6.45, 7) is 23.7. The molecule has 0 bridgehead atoms. The van der Waals surface area contributed by atoms with Crippen molar-refractivity contribution in [2.24, 2.45) is 39.9 Å². The molecule has 1 aromatic heterocycles. The normalized spacial score (nSPS) is 41.3. The third-order valence-corrected chi connectivity index (χ3v) is 15.7. The van der Waals surface area contributed by atoms with Gasteiger partial charge in [0.1, 0.15) is 5.60 Å². The highest BCUT2D eigenvalue weighted by atomic mass is 32.1. The number of aliphatic hydroxyl groups excluding tert-OH is 1. The molecule has 3 saturated carbocycles. The maximum atomic E-state index is 12.9. The SMILES string of the molecule is CC(C)(C)OC(=O)CCCC(=O)Nc1nc2c(s1)C[C@]1(C)[C@H]3C[C@@H](O)[C@@H]4C([C@]5(C)CC[C@@H](C(C)(C)O)O5)CC[C@@]4(C)[C@]3(C)CC[C@H]1C2(C)C. The molecule has 0 aromatic carbocycles. The van der Waals surface area contributed by atoms with Crippen LogP contribution in [0.25, 0.3) is 0 Å². The number of fused-ring (bicyclic) bond motifs is 6. The Bertz CT molecular complexity index is 1460. The summed E-state index contributed by atoms with van der Waals surface area (Å²) in [4.78, 5) is 31.4. The number of rotatable bonds is 7. The number of hydrogen-bond donors (Lipinski definition) is 3. The van der Waals surface area contributed by atoms with Crippen molar-refractivity contribution in [1.29, 1.82) is 0 Å². The Morgan fingerprint density at radius 3 is 2.27 bits per heavy atom. The Hall–Kier alpha value is -1.55. The number of hydrogen-bond acceptors (Lipinski definition) is 8. The van der Waals surface area contributed by atoms with Gasteiger partial charge in [-0.25, -0.2) is 4.98 Å². The van der Waals surface area contributed by atoms with E-state index in [0.717, 1.165) is 57.1 Å². The van der Waals surface area contributed by atoms with Crippen LogP contribution in [0.5, 0.6) is 0 Å².